The van der Waals surface area contributed by atoms with Crippen LogP contribution in [0, 0.1) is 6.92 Å². The Morgan fingerprint density at radius 2 is 1.96 bits per heavy atom. The molecule has 0 unspecified atom stereocenters. The van der Waals surface area contributed by atoms with E-state index in [4.69, 9.17) is 0 Å². The second-order valence-corrected chi connectivity index (χ2v) is 6.25. The number of benzene rings is 1. The van der Waals surface area contributed by atoms with Crippen LogP contribution in [0.2, 0.25) is 0 Å². The van der Waals surface area contributed by atoms with Gasteiger partial charge in [-0.25, -0.2) is 4.68 Å². The van der Waals surface area contributed by atoms with Gasteiger partial charge < -0.3 is 5.32 Å². The zero-order valence-electron chi connectivity index (χ0n) is 13.2. The maximum Gasteiger partial charge on any atom is 0.434 e. The number of halogens is 3. The lowest BCUT2D eigenvalue weighted by atomic mass is 10.2. The van der Waals surface area contributed by atoms with Gasteiger partial charge in [-0.3, -0.25) is 4.79 Å². The van der Waals surface area contributed by atoms with Crippen LogP contribution in [0.1, 0.15) is 27.2 Å². The van der Waals surface area contributed by atoms with Crippen molar-refractivity contribution in [2.45, 2.75) is 19.6 Å². The van der Waals surface area contributed by atoms with E-state index in [1.165, 1.54) is 23.5 Å². The minimum absolute atomic E-state index is 0.162. The molecule has 0 aliphatic carbocycles. The smallest absolute Gasteiger partial charge is 0.348 e. The Morgan fingerprint density at radius 3 is 2.56 bits per heavy atom. The van der Waals surface area contributed by atoms with Gasteiger partial charge in [0.2, 0.25) is 0 Å². The predicted octanol–water partition coefficient (Wildman–Crippen LogP) is 4.19. The second kappa shape index (κ2) is 6.72. The molecule has 8 heteroatoms. The first-order valence-electron chi connectivity index (χ1n) is 7.38. The molecule has 0 atom stereocenters. The normalized spacial score (nSPS) is 11.5. The third-order valence-corrected chi connectivity index (χ3v) is 4.33. The number of thiophene rings is 1. The average Bonchev–Trinajstić information content (AvgIpc) is 3.22. The van der Waals surface area contributed by atoms with E-state index in [0.29, 0.717) is 0 Å². The first kappa shape index (κ1) is 17.2. The van der Waals surface area contributed by atoms with Crippen molar-refractivity contribution in [1.29, 1.82) is 0 Å². The predicted molar refractivity (Wildman–Crippen MR) is 88.8 cm³/mol. The summed E-state index contributed by atoms with van der Waals surface area (Å²) in [6, 6.07) is 8.24. The van der Waals surface area contributed by atoms with Crippen LogP contribution in [0.25, 0.3) is 5.69 Å². The SMILES string of the molecule is Cc1ccc(-n2ncc(C(=O)NCc3ccsc3)c2C(F)(F)F)cc1. The monoisotopic (exact) mass is 365 g/mol. The number of amides is 1. The molecular formula is C17H14F3N3OS. The number of carbonyl (C=O) groups excluding carboxylic acids is 1. The summed E-state index contributed by atoms with van der Waals surface area (Å²) in [6.45, 7) is 2.00. The van der Waals surface area contributed by atoms with E-state index in [-0.39, 0.29) is 12.2 Å². The molecule has 25 heavy (non-hydrogen) atoms. The summed E-state index contributed by atoms with van der Waals surface area (Å²) < 4.78 is 41.4. The van der Waals surface area contributed by atoms with Crippen molar-refractivity contribution in [3.63, 3.8) is 0 Å². The number of aryl methyl sites for hydroxylation is 1. The van der Waals surface area contributed by atoms with E-state index in [1.54, 1.807) is 18.2 Å². The molecule has 4 nitrogen and oxygen atoms in total. The van der Waals surface area contributed by atoms with Gasteiger partial charge in [0.25, 0.3) is 5.91 Å². The molecule has 0 radical (unpaired) electrons. The quantitative estimate of drug-likeness (QED) is 0.754. The Labute approximate surface area is 145 Å². The first-order chi connectivity index (χ1) is 11.9. The summed E-state index contributed by atoms with van der Waals surface area (Å²) in [6.07, 6.45) is -3.76. The number of alkyl halides is 3. The molecule has 1 N–H and O–H groups in total. The lowest BCUT2D eigenvalue weighted by Gasteiger charge is -2.13. The van der Waals surface area contributed by atoms with Crippen LogP contribution in [-0.4, -0.2) is 15.7 Å². The van der Waals surface area contributed by atoms with Crippen molar-refractivity contribution in [3.05, 3.63) is 69.7 Å². The fourth-order valence-electron chi connectivity index (χ4n) is 2.34. The Kier molecular flexibility index (Phi) is 4.63. The van der Waals surface area contributed by atoms with Gasteiger partial charge in [0.1, 0.15) is 0 Å². The molecule has 0 aliphatic heterocycles. The van der Waals surface area contributed by atoms with E-state index in [1.807, 2.05) is 17.7 Å². The molecule has 2 aromatic heterocycles. The molecule has 1 amide bonds. The summed E-state index contributed by atoms with van der Waals surface area (Å²) in [5.41, 5.74) is 0.410. The lowest BCUT2D eigenvalue weighted by molar-refractivity contribution is -0.143. The van der Waals surface area contributed by atoms with Gasteiger partial charge in [0.15, 0.2) is 5.69 Å². The molecule has 0 bridgehead atoms. The van der Waals surface area contributed by atoms with Gasteiger partial charge in [-0.15, -0.1) is 0 Å². The third kappa shape index (κ3) is 3.74. The average molecular weight is 365 g/mol. The van der Waals surface area contributed by atoms with Gasteiger partial charge in [0, 0.05) is 6.54 Å². The fraction of sp³-hybridized carbons (Fsp3) is 0.176. The van der Waals surface area contributed by atoms with Crippen molar-refractivity contribution in [2.24, 2.45) is 0 Å². The highest BCUT2D eigenvalue weighted by atomic mass is 32.1. The number of rotatable bonds is 4. The van der Waals surface area contributed by atoms with Gasteiger partial charge in [-0.2, -0.15) is 29.6 Å². The Morgan fingerprint density at radius 1 is 1.24 bits per heavy atom. The maximum atomic E-state index is 13.5. The molecule has 3 aromatic rings. The number of carbonyl (C=O) groups is 1. The van der Waals surface area contributed by atoms with E-state index in [9.17, 15) is 18.0 Å². The maximum absolute atomic E-state index is 13.5. The Balaban J connectivity index is 1.94. The lowest BCUT2D eigenvalue weighted by Crippen LogP contribution is -2.26. The summed E-state index contributed by atoms with van der Waals surface area (Å²) in [5, 5.41) is 9.94. The number of nitrogens with one attached hydrogen (secondary N) is 1. The summed E-state index contributed by atoms with van der Waals surface area (Å²) in [7, 11) is 0. The molecular weight excluding hydrogens is 351 g/mol. The van der Waals surface area contributed by atoms with E-state index in [2.05, 4.69) is 10.4 Å². The summed E-state index contributed by atoms with van der Waals surface area (Å²) in [4.78, 5) is 12.2. The van der Waals surface area contributed by atoms with Crippen LogP contribution < -0.4 is 5.32 Å². The van der Waals surface area contributed by atoms with Crippen LogP contribution >= 0.6 is 11.3 Å². The molecule has 1 aromatic carbocycles. The molecule has 0 fully saturated rings. The Hall–Kier alpha value is -2.61. The topological polar surface area (TPSA) is 46.9 Å². The van der Waals surface area contributed by atoms with Gasteiger partial charge >= 0.3 is 6.18 Å². The summed E-state index contributed by atoms with van der Waals surface area (Å²) in [5.74, 6) is -0.808. The van der Waals surface area contributed by atoms with Gasteiger partial charge in [0.05, 0.1) is 17.4 Å². The van der Waals surface area contributed by atoms with E-state index >= 15 is 0 Å². The zero-order valence-corrected chi connectivity index (χ0v) is 14.0. The third-order valence-electron chi connectivity index (χ3n) is 3.59. The minimum Gasteiger partial charge on any atom is -0.348 e. The fourth-order valence-corrected chi connectivity index (χ4v) is 3.01. The van der Waals surface area contributed by atoms with E-state index in [0.717, 1.165) is 22.0 Å². The number of hydrogen-bond donors (Lipinski definition) is 1. The number of aromatic nitrogens is 2. The molecule has 130 valence electrons. The molecule has 3 rings (SSSR count). The number of hydrogen-bond acceptors (Lipinski definition) is 3. The Bertz CT molecular complexity index is 868. The van der Waals surface area contributed by atoms with Crippen LogP contribution in [0.3, 0.4) is 0 Å². The van der Waals surface area contributed by atoms with E-state index < -0.39 is 23.3 Å². The largest absolute Gasteiger partial charge is 0.434 e. The molecule has 0 saturated carbocycles. The van der Waals surface area contributed by atoms with Crippen LogP contribution in [0.4, 0.5) is 13.2 Å². The second-order valence-electron chi connectivity index (χ2n) is 5.47. The molecule has 2 heterocycles. The minimum atomic E-state index is -4.71. The van der Waals surface area contributed by atoms with Crippen molar-refractivity contribution in [2.75, 3.05) is 0 Å². The number of nitrogens with zero attached hydrogens (tertiary/aromatic N) is 2. The van der Waals surface area contributed by atoms with Crippen molar-refractivity contribution in [1.82, 2.24) is 15.1 Å². The molecule has 0 spiro atoms. The molecule has 0 saturated heterocycles. The van der Waals surface area contributed by atoms with Crippen LogP contribution in [0.15, 0.2) is 47.3 Å². The van der Waals surface area contributed by atoms with Crippen molar-refractivity contribution in [3.8, 4) is 5.69 Å². The van der Waals surface area contributed by atoms with Gasteiger partial charge in [-0.05, 0) is 41.4 Å². The highest BCUT2D eigenvalue weighted by molar-refractivity contribution is 7.07. The van der Waals surface area contributed by atoms with Crippen LogP contribution in [-0.2, 0) is 12.7 Å². The van der Waals surface area contributed by atoms with Crippen molar-refractivity contribution >= 4 is 17.2 Å². The highest BCUT2D eigenvalue weighted by Crippen LogP contribution is 2.33. The summed E-state index contributed by atoms with van der Waals surface area (Å²) >= 11 is 1.45. The first-order valence-corrected chi connectivity index (χ1v) is 8.32. The zero-order chi connectivity index (χ0) is 18.0. The van der Waals surface area contributed by atoms with Crippen LogP contribution in [0.5, 0.6) is 0 Å². The standard InChI is InChI=1S/C17H14F3N3OS/c1-11-2-4-13(5-3-11)23-15(17(18,19)20)14(9-22-23)16(24)21-8-12-6-7-25-10-12/h2-7,9-10H,8H2,1H3,(H,21,24). The van der Waals surface area contributed by atoms with Gasteiger partial charge in [-0.1, -0.05) is 17.7 Å². The highest BCUT2D eigenvalue weighted by Gasteiger charge is 2.40. The molecule has 0 aliphatic rings. The van der Waals surface area contributed by atoms with Crippen molar-refractivity contribution < 1.29 is 18.0 Å².